The zero-order chi connectivity index (χ0) is 15.0. The van der Waals surface area contributed by atoms with Gasteiger partial charge in [0.15, 0.2) is 0 Å². The Hall–Kier alpha value is -0.610. The van der Waals surface area contributed by atoms with Crippen LogP contribution in [0.2, 0.25) is 0 Å². The van der Waals surface area contributed by atoms with Gasteiger partial charge in [-0.1, -0.05) is 27.2 Å². The predicted molar refractivity (Wildman–Crippen MR) is 82.8 cm³/mol. The highest BCUT2D eigenvalue weighted by molar-refractivity contribution is 5.78. The van der Waals surface area contributed by atoms with E-state index in [1.165, 1.54) is 19.4 Å². The Kier molecular flexibility index (Phi) is 8.15. The topological polar surface area (TPSA) is 32.8 Å². The van der Waals surface area contributed by atoms with E-state index >= 15 is 0 Å². The van der Waals surface area contributed by atoms with Crippen LogP contribution in [0.1, 0.15) is 46.5 Å². The summed E-state index contributed by atoms with van der Waals surface area (Å²) in [5.74, 6) is 0.388. The highest BCUT2D eigenvalue weighted by atomic mass is 16.5. The summed E-state index contributed by atoms with van der Waals surface area (Å²) in [6, 6.07) is 0. The lowest BCUT2D eigenvalue weighted by molar-refractivity contribution is -0.134. The van der Waals surface area contributed by atoms with Gasteiger partial charge in [0.25, 0.3) is 0 Å². The van der Waals surface area contributed by atoms with Gasteiger partial charge in [0.05, 0.1) is 12.7 Å². The van der Waals surface area contributed by atoms with E-state index in [0.717, 1.165) is 39.1 Å². The summed E-state index contributed by atoms with van der Waals surface area (Å²) in [6.45, 7) is 11.2. The summed E-state index contributed by atoms with van der Waals surface area (Å²) in [7, 11) is 1.91. The van der Waals surface area contributed by atoms with Crippen LogP contribution < -0.4 is 0 Å². The molecule has 0 radical (unpaired) electrons. The Morgan fingerprint density at radius 1 is 1.45 bits per heavy atom. The Balaban J connectivity index is 2.28. The summed E-state index contributed by atoms with van der Waals surface area (Å²) in [6.07, 6.45) is 4.65. The SMILES string of the molecule is CCCCN1CCO[C@H](CCN(C)C(=O)C(C)CC)C1. The number of morpholine rings is 1. The van der Waals surface area contributed by atoms with Crippen molar-refractivity contribution in [2.24, 2.45) is 5.92 Å². The molecule has 1 fully saturated rings. The summed E-state index contributed by atoms with van der Waals surface area (Å²) >= 11 is 0. The molecule has 0 aromatic heterocycles. The summed E-state index contributed by atoms with van der Waals surface area (Å²) in [5.41, 5.74) is 0. The van der Waals surface area contributed by atoms with Gasteiger partial charge < -0.3 is 9.64 Å². The van der Waals surface area contributed by atoms with Gasteiger partial charge in [0.2, 0.25) is 5.91 Å². The second-order valence-corrected chi connectivity index (χ2v) is 6.00. The van der Waals surface area contributed by atoms with Crippen LogP contribution in [-0.4, -0.2) is 61.6 Å². The van der Waals surface area contributed by atoms with Crippen molar-refractivity contribution in [1.29, 1.82) is 0 Å². The first kappa shape index (κ1) is 17.4. The molecule has 0 aliphatic carbocycles. The lowest BCUT2D eigenvalue weighted by Gasteiger charge is -2.33. The monoisotopic (exact) mass is 284 g/mol. The Morgan fingerprint density at radius 2 is 2.20 bits per heavy atom. The zero-order valence-corrected chi connectivity index (χ0v) is 13.7. The molecule has 0 aromatic rings. The number of rotatable bonds is 8. The number of nitrogens with zero attached hydrogens (tertiary/aromatic N) is 2. The molecule has 1 aliphatic rings. The molecule has 2 atom stereocenters. The maximum absolute atomic E-state index is 12.0. The molecule has 0 aromatic carbocycles. The number of hydrogen-bond donors (Lipinski definition) is 0. The van der Waals surface area contributed by atoms with E-state index in [0.29, 0.717) is 0 Å². The van der Waals surface area contributed by atoms with Gasteiger partial charge in [-0.25, -0.2) is 0 Å². The first-order valence-electron chi connectivity index (χ1n) is 8.17. The number of carbonyl (C=O) groups is 1. The summed E-state index contributed by atoms with van der Waals surface area (Å²) in [4.78, 5) is 16.4. The third kappa shape index (κ3) is 5.80. The van der Waals surface area contributed by atoms with E-state index in [1.807, 2.05) is 18.9 Å². The Labute approximate surface area is 124 Å². The van der Waals surface area contributed by atoms with Crippen molar-refractivity contribution in [3.8, 4) is 0 Å². The molecule has 1 heterocycles. The molecule has 0 N–H and O–H groups in total. The van der Waals surface area contributed by atoms with Crippen LogP contribution in [0, 0.1) is 5.92 Å². The molecular formula is C16H32N2O2. The highest BCUT2D eigenvalue weighted by Gasteiger charge is 2.22. The average molecular weight is 284 g/mol. The van der Waals surface area contributed by atoms with Crippen LogP contribution in [0.5, 0.6) is 0 Å². The highest BCUT2D eigenvalue weighted by Crippen LogP contribution is 2.12. The fourth-order valence-corrected chi connectivity index (χ4v) is 2.54. The molecule has 1 saturated heterocycles. The normalized spacial score (nSPS) is 21.7. The van der Waals surface area contributed by atoms with Crippen molar-refractivity contribution in [3.05, 3.63) is 0 Å². The largest absolute Gasteiger partial charge is 0.375 e. The van der Waals surface area contributed by atoms with Crippen molar-refractivity contribution in [2.45, 2.75) is 52.6 Å². The molecule has 1 rings (SSSR count). The first-order chi connectivity index (χ1) is 9.58. The third-order valence-corrected chi connectivity index (χ3v) is 4.25. The molecule has 1 amide bonds. The van der Waals surface area contributed by atoms with Gasteiger partial charge in [0, 0.05) is 32.6 Å². The maximum atomic E-state index is 12.0. The van der Waals surface area contributed by atoms with Crippen LogP contribution in [-0.2, 0) is 9.53 Å². The van der Waals surface area contributed by atoms with Gasteiger partial charge in [0.1, 0.15) is 0 Å². The van der Waals surface area contributed by atoms with E-state index in [1.54, 1.807) is 0 Å². The van der Waals surface area contributed by atoms with E-state index < -0.39 is 0 Å². The molecule has 0 saturated carbocycles. The quantitative estimate of drug-likeness (QED) is 0.686. The Morgan fingerprint density at radius 3 is 2.85 bits per heavy atom. The predicted octanol–water partition coefficient (Wildman–Crippen LogP) is 2.38. The Bertz CT molecular complexity index is 284. The van der Waals surface area contributed by atoms with E-state index in [9.17, 15) is 4.79 Å². The number of hydrogen-bond acceptors (Lipinski definition) is 3. The minimum absolute atomic E-state index is 0.133. The zero-order valence-electron chi connectivity index (χ0n) is 13.7. The van der Waals surface area contributed by atoms with Gasteiger partial charge in [-0.3, -0.25) is 9.69 Å². The van der Waals surface area contributed by atoms with Crippen molar-refractivity contribution >= 4 is 5.91 Å². The minimum Gasteiger partial charge on any atom is -0.375 e. The molecule has 20 heavy (non-hydrogen) atoms. The number of unbranched alkanes of at least 4 members (excludes halogenated alkanes) is 1. The standard InChI is InChI=1S/C16H32N2O2/c1-5-7-9-18-11-12-20-15(13-18)8-10-17(4)16(19)14(3)6-2/h14-15H,5-13H2,1-4H3/t14?,15-/m1/s1. The van der Waals surface area contributed by atoms with E-state index in [2.05, 4.69) is 18.7 Å². The van der Waals surface area contributed by atoms with E-state index in [-0.39, 0.29) is 17.9 Å². The number of carbonyl (C=O) groups excluding carboxylic acids is 1. The lowest BCUT2D eigenvalue weighted by atomic mass is 10.1. The molecule has 1 unspecified atom stereocenters. The first-order valence-corrected chi connectivity index (χ1v) is 8.17. The van der Waals surface area contributed by atoms with E-state index in [4.69, 9.17) is 4.74 Å². The van der Waals surface area contributed by atoms with Gasteiger partial charge in [-0.2, -0.15) is 0 Å². The van der Waals surface area contributed by atoms with Crippen LogP contribution in [0.25, 0.3) is 0 Å². The fourth-order valence-electron chi connectivity index (χ4n) is 2.54. The lowest BCUT2D eigenvalue weighted by Crippen LogP contribution is -2.44. The average Bonchev–Trinajstić information content (AvgIpc) is 2.49. The molecule has 0 bridgehead atoms. The van der Waals surface area contributed by atoms with Gasteiger partial charge in [-0.05, 0) is 25.8 Å². The maximum Gasteiger partial charge on any atom is 0.225 e. The van der Waals surface area contributed by atoms with Crippen LogP contribution in [0.4, 0.5) is 0 Å². The smallest absolute Gasteiger partial charge is 0.225 e. The number of ether oxygens (including phenoxy) is 1. The molecule has 4 heteroatoms. The van der Waals surface area contributed by atoms with Crippen molar-refractivity contribution < 1.29 is 9.53 Å². The van der Waals surface area contributed by atoms with Gasteiger partial charge in [-0.15, -0.1) is 0 Å². The molecule has 1 aliphatic heterocycles. The van der Waals surface area contributed by atoms with Crippen LogP contribution >= 0.6 is 0 Å². The van der Waals surface area contributed by atoms with Crippen molar-refractivity contribution in [2.75, 3.05) is 39.8 Å². The van der Waals surface area contributed by atoms with Crippen LogP contribution in [0.15, 0.2) is 0 Å². The molecular weight excluding hydrogens is 252 g/mol. The third-order valence-electron chi connectivity index (χ3n) is 4.25. The molecule has 0 spiro atoms. The van der Waals surface area contributed by atoms with Crippen molar-refractivity contribution in [3.63, 3.8) is 0 Å². The van der Waals surface area contributed by atoms with Crippen molar-refractivity contribution in [1.82, 2.24) is 9.80 Å². The minimum atomic E-state index is 0.133. The number of amides is 1. The summed E-state index contributed by atoms with van der Waals surface area (Å²) < 4.78 is 5.83. The second-order valence-electron chi connectivity index (χ2n) is 6.00. The van der Waals surface area contributed by atoms with Gasteiger partial charge >= 0.3 is 0 Å². The molecule has 118 valence electrons. The second kappa shape index (κ2) is 9.35. The van der Waals surface area contributed by atoms with Crippen LogP contribution in [0.3, 0.4) is 0 Å². The molecule has 4 nitrogen and oxygen atoms in total. The fraction of sp³-hybridized carbons (Fsp3) is 0.938. The summed E-state index contributed by atoms with van der Waals surface area (Å²) in [5, 5.41) is 0.